The van der Waals surface area contributed by atoms with Crippen molar-refractivity contribution in [3.8, 4) is 28.7 Å². The Morgan fingerprint density at radius 1 is 1.15 bits per heavy atom. The molecule has 13 heteroatoms. The number of rotatable bonds is 9. The van der Waals surface area contributed by atoms with Crippen LogP contribution in [0.25, 0.3) is 11.1 Å². The molecule has 2 saturated heterocycles. The van der Waals surface area contributed by atoms with E-state index in [-0.39, 0.29) is 17.4 Å². The first kappa shape index (κ1) is 26.1. The molecule has 4 heterocycles. The molecule has 0 bridgehead atoms. The average Bonchev–Trinajstić information content (AvgIpc) is 3.45. The highest BCUT2D eigenvalue weighted by Gasteiger charge is 2.49. The molecule has 2 fully saturated rings. The van der Waals surface area contributed by atoms with Crippen molar-refractivity contribution in [3.63, 3.8) is 0 Å². The van der Waals surface area contributed by atoms with Crippen LogP contribution in [-0.4, -0.2) is 80.4 Å². The van der Waals surface area contributed by atoms with Gasteiger partial charge < -0.3 is 25.0 Å². The summed E-state index contributed by atoms with van der Waals surface area (Å²) in [5.74, 6) is 1.34. The summed E-state index contributed by atoms with van der Waals surface area (Å²) in [5, 5.41) is 27.1. The fourth-order valence-electron chi connectivity index (χ4n) is 5.05. The predicted molar refractivity (Wildman–Crippen MR) is 148 cm³/mol. The highest BCUT2D eigenvalue weighted by Crippen LogP contribution is 2.36. The van der Waals surface area contributed by atoms with Gasteiger partial charge in [-0.3, -0.25) is 4.79 Å². The highest BCUT2D eigenvalue weighted by molar-refractivity contribution is 5.96. The summed E-state index contributed by atoms with van der Waals surface area (Å²) in [6.07, 6.45) is 4.60. The molecular formula is C28H28N10O3. The fraction of sp³-hybridized carbons (Fsp3) is 0.321. The first-order valence-electron chi connectivity index (χ1n) is 13.1. The number of carbonyl (C=O) groups excluding carboxylic acids is 1. The van der Waals surface area contributed by atoms with Crippen LogP contribution < -0.4 is 20.1 Å². The number of tetrazole rings is 1. The van der Waals surface area contributed by atoms with Gasteiger partial charge in [0.1, 0.15) is 30.0 Å². The average molecular weight is 553 g/mol. The van der Waals surface area contributed by atoms with Crippen molar-refractivity contribution >= 4 is 17.5 Å². The maximum absolute atomic E-state index is 12.9. The summed E-state index contributed by atoms with van der Waals surface area (Å²) >= 11 is 0. The number of amides is 1. The maximum atomic E-state index is 12.9. The van der Waals surface area contributed by atoms with Crippen molar-refractivity contribution in [2.45, 2.75) is 19.6 Å². The third kappa shape index (κ3) is 5.37. The van der Waals surface area contributed by atoms with Gasteiger partial charge in [-0.05, 0) is 53.2 Å². The highest BCUT2D eigenvalue weighted by atomic mass is 16.5. The Labute approximate surface area is 236 Å². The van der Waals surface area contributed by atoms with Crippen molar-refractivity contribution in [2.24, 2.45) is 5.41 Å². The van der Waals surface area contributed by atoms with Crippen LogP contribution in [0.1, 0.15) is 22.8 Å². The molecule has 41 heavy (non-hydrogen) atoms. The molecule has 2 aliphatic rings. The van der Waals surface area contributed by atoms with Crippen LogP contribution in [0.4, 0.5) is 11.6 Å². The maximum Gasteiger partial charge on any atom is 0.254 e. The van der Waals surface area contributed by atoms with Gasteiger partial charge in [-0.1, -0.05) is 6.07 Å². The Hall–Kier alpha value is -5.09. The standard InChI is InChI=1S/C28H28N10O3/c1-18(12-38-17-33-35-36-38)41-24-7-19(3-4-21(24)9-29)22-10-31-27(32-11-22)34-23-6-5-20(8-25(23)40-2)26(39)37-15-28(16-37)13-30-14-28/h3-8,10-11,17-18,30H,12-16H2,1-2H3,(H,31,32,34). The van der Waals surface area contributed by atoms with Gasteiger partial charge in [0.2, 0.25) is 5.95 Å². The number of nitrogens with one attached hydrogen (secondary N) is 2. The number of anilines is 2. The lowest BCUT2D eigenvalue weighted by Gasteiger charge is -2.56. The molecule has 208 valence electrons. The minimum absolute atomic E-state index is 0.00328. The van der Waals surface area contributed by atoms with Gasteiger partial charge in [0.05, 0.1) is 24.9 Å². The van der Waals surface area contributed by atoms with Gasteiger partial charge in [0.15, 0.2) is 0 Å². The predicted octanol–water partition coefficient (Wildman–Crippen LogP) is 2.27. The number of hydrogen-bond acceptors (Lipinski definition) is 11. The molecule has 0 saturated carbocycles. The molecule has 0 aliphatic carbocycles. The second-order valence-corrected chi connectivity index (χ2v) is 10.4. The zero-order valence-electron chi connectivity index (χ0n) is 22.6. The fourth-order valence-corrected chi connectivity index (χ4v) is 5.05. The Kier molecular flexibility index (Phi) is 6.90. The van der Waals surface area contributed by atoms with Crippen molar-refractivity contribution in [2.75, 3.05) is 38.6 Å². The number of likely N-dealkylation sites (tertiary alicyclic amines) is 1. The molecule has 2 aromatic heterocycles. The number of aromatic nitrogens is 6. The first-order valence-corrected chi connectivity index (χ1v) is 13.1. The van der Waals surface area contributed by atoms with E-state index >= 15 is 0 Å². The topological polar surface area (TPSA) is 156 Å². The van der Waals surface area contributed by atoms with Crippen molar-refractivity contribution < 1.29 is 14.3 Å². The summed E-state index contributed by atoms with van der Waals surface area (Å²) in [4.78, 5) is 23.7. The van der Waals surface area contributed by atoms with E-state index in [1.54, 1.807) is 54.5 Å². The van der Waals surface area contributed by atoms with Gasteiger partial charge in [-0.25, -0.2) is 14.6 Å². The number of benzene rings is 2. The Morgan fingerprint density at radius 3 is 2.61 bits per heavy atom. The lowest BCUT2D eigenvalue weighted by atomic mass is 9.74. The molecule has 13 nitrogen and oxygen atoms in total. The number of carbonyl (C=O) groups is 1. The molecular weight excluding hydrogens is 524 g/mol. The van der Waals surface area contributed by atoms with Crippen LogP contribution in [0.3, 0.4) is 0 Å². The number of ether oxygens (including phenoxy) is 2. The lowest BCUT2D eigenvalue weighted by Crippen LogP contribution is -2.71. The van der Waals surface area contributed by atoms with E-state index in [2.05, 4.69) is 42.2 Å². The normalized spacial score (nSPS) is 15.8. The van der Waals surface area contributed by atoms with Gasteiger partial charge >= 0.3 is 0 Å². The molecule has 1 spiro atoms. The second kappa shape index (κ2) is 10.8. The smallest absolute Gasteiger partial charge is 0.254 e. The molecule has 0 radical (unpaired) electrons. The Morgan fingerprint density at radius 2 is 1.95 bits per heavy atom. The minimum Gasteiger partial charge on any atom is -0.495 e. The number of methoxy groups -OCH3 is 1. The number of nitriles is 1. The zero-order chi connectivity index (χ0) is 28.4. The molecule has 4 aromatic rings. The third-order valence-corrected chi connectivity index (χ3v) is 7.29. The molecule has 2 aromatic carbocycles. The summed E-state index contributed by atoms with van der Waals surface area (Å²) < 4.78 is 13.2. The summed E-state index contributed by atoms with van der Waals surface area (Å²) in [5.41, 5.74) is 3.46. The largest absolute Gasteiger partial charge is 0.495 e. The van der Waals surface area contributed by atoms with Crippen molar-refractivity contribution in [1.29, 1.82) is 5.26 Å². The molecule has 2 N–H and O–H groups in total. The molecule has 2 aliphatic heterocycles. The van der Waals surface area contributed by atoms with E-state index in [0.717, 1.165) is 37.3 Å². The molecule has 1 atom stereocenters. The van der Waals surface area contributed by atoms with Crippen LogP contribution in [0, 0.1) is 16.7 Å². The summed E-state index contributed by atoms with van der Waals surface area (Å²) in [7, 11) is 1.56. The summed E-state index contributed by atoms with van der Waals surface area (Å²) in [6, 6.07) is 12.8. The van der Waals surface area contributed by atoms with Crippen LogP contribution in [0.2, 0.25) is 0 Å². The monoisotopic (exact) mass is 552 g/mol. The van der Waals surface area contributed by atoms with E-state index in [0.29, 0.717) is 40.8 Å². The van der Waals surface area contributed by atoms with Crippen LogP contribution in [-0.2, 0) is 6.54 Å². The molecule has 1 unspecified atom stereocenters. The van der Waals surface area contributed by atoms with E-state index in [4.69, 9.17) is 9.47 Å². The minimum atomic E-state index is -0.275. The third-order valence-electron chi connectivity index (χ3n) is 7.29. The van der Waals surface area contributed by atoms with E-state index in [1.165, 1.54) is 6.33 Å². The van der Waals surface area contributed by atoms with Crippen LogP contribution in [0.5, 0.6) is 11.5 Å². The van der Waals surface area contributed by atoms with Crippen LogP contribution >= 0.6 is 0 Å². The van der Waals surface area contributed by atoms with Gasteiger partial charge in [-0.2, -0.15) is 5.26 Å². The van der Waals surface area contributed by atoms with Gasteiger partial charge in [0.25, 0.3) is 5.91 Å². The van der Waals surface area contributed by atoms with E-state index in [9.17, 15) is 10.1 Å². The molecule has 1 amide bonds. The van der Waals surface area contributed by atoms with E-state index in [1.807, 2.05) is 17.9 Å². The molecule has 6 rings (SSSR count). The van der Waals surface area contributed by atoms with Gasteiger partial charge in [-0.15, -0.1) is 5.10 Å². The second-order valence-electron chi connectivity index (χ2n) is 10.4. The van der Waals surface area contributed by atoms with Gasteiger partial charge in [0, 0.05) is 55.1 Å². The number of nitrogens with zero attached hydrogens (tertiary/aromatic N) is 8. The number of hydrogen-bond donors (Lipinski definition) is 2. The quantitative estimate of drug-likeness (QED) is 0.314. The van der Waals surface area contributed by atoms with Crippen molar-refractivity contribution in [3.05, 3.63) is 66.2 Å². The Bertz CT molecular complexity index is 1590. The summed E-state index contributed by atoms with van der Waals surface area (Å²) in [6.45, 7) is 5.83. The Balaban J connectivity index is 1.13. The SMILES string of the molecule is COc1cc(C(=O)N2CC3(CNC3)C2)ccc1Nc1ncc(-c2ccc(C#N)c(OC(C)Cn3cnnn3)c2)cn1. The zero-order valence-corrected chi connectivity index (χ0v) is 22.6. The van der Waals surface area contributed by atoms with E-state index < -0.39 is 0 Å². The van der Waals surface area contributed by atoms with Crippen LogP contribution in [0.15, 0.2) is 55.1 Å². The lowest BCUT2D eigenvalue weighted by molar-refractivity contribution is -0.0248. The first-order chi connectivity index (χ1) is 19.9. The van der Waals surface area contributed by atoms with Crippen molar-refractivity contribution in [1.82, 2.24) is 40.4 Å².